The van der Waals surface area contributed by atoms with E-state index in [1.165, 1.54) is 6.20 Å². The van der Waals surface area contributed by atoms with E-state index >= 15 is 0 Å². The molecule has 0 aliphatic heterocycles. The molecule has 1 aromatic heterocycles. The van der Waals surface area contributed by atoms with Gasteiger partial charge in [-0.25, -0.2) is 17.8 Å². The van der Waals surface area contributed by atoms with Crippen molar-refractivity contribution >= 4 is 59.7 Å². The van der Waals surface area contributed by atoms with Gasteiger partial charge in [0.05, 0.1) is 10.7 Å². The van der Waals surface area contributed by atoms with Crippen LogP contribution in [0.5, 0.6) is 0 Å². The van der Waals surface area contributed by atoms with E-state index in [0.717, 1.165) is 39.9 Å². The molecule has 30 heavy (non-hydrogen) atoms. The molecule has 0 aliphatic rings. The summed E-state index contributed by atoms with van der Waals surface area (Å²) in [5, 5.41) is 8.17. The highest BCUT2D eigenvalue weighted by Crippen LogP contribution is 2.29. The van der Waals surface area contributed by atoms with Crippen LogP contribution in [0.2, 0.25) is 5.02 Å². The summed E-state index contributed by atoms with van der Waals surface area (Å²) < 4.78 is 42.8. The number of hydrogen-bond acceptors (Lipinski definition) is 6. The van der Waals surface area contributed by atoms with Crippen molar-refractivity contribution in [2.24, 2.45) is 0 Å². The molecule has 160 valence electrons. The Morgan fingerprint density at radius 2 is 2.07 bits per heavy atom. The molecule has 1 atom stereocenters. The van der Waals surface area contributed by atoms with Gasteiger partial charge in [-0.1, -0.05) is 45.7 Å². The fraction of sp³-hybridized carbons (Fsp3) is 0.211. The van der Waals surface area contributed by atoms with Crippen molar-refractivity contribution in [1.82, 2.24) is 10.3 Å². The predicted molar refractivity (Wildman–Crippen MR) is 124 cm³/mol. The zero-order chi connectivity index (χ0) is 21.7. The fourth-order valence-corrected chi connectivity index (χ4v) is 5.37. The van der Waals surface area contributed by atoms with Crippen LogP contribution in [0.4, 0.5) is 15.2 Å². The van der Waals surface area contributed by atoms with Crippen molar-refractivity contribution in [1.29, 1.82) is 0 Å². The topological polar surface area (TPSA) is 83.1 Å². The van der Waals surface area contributed by atoms with E-state index in [1.54, 1.807) is 5.38 Å². The summed E-state index contributed by atoms with van der Waals surface area (Å²) in [7, 11) is -2.30. The minimum Gasteiger partial charge on any atom is -0.382 e. The Balaban J connectivity index is 1.72. The molecule has 0 fully saturated rings. The largest absolute Gasteiger partial charge is 0.382 e. The summed E-state index contributed by atoms with van der Waals surface area (Å²) in [6.45, 7) is 0.459. The first-order valence-corrected chi connectivity index (χ1v) is 12.4. The lowest BCUT2D eigenvalue weighted by molar-refractivity contribution is 0.568. The van der Waals surface area contributed by atoms with Gasteiger partial charge in [-0.05, 0) is 37.2 Å². The molecule has 3 N–H and O–H groups in total. The van der Waals surface area contributed by atoms with Gasteiger partial charge in [-0.15, -0.1) is 11.3 Å². The molecule has 0 saturated heterocycles. The third-order valence-electron chi connectivity index (χ3n) is 4.34. The summed E-state index contributed by atoms with van der Waals surface area (Å²) in [6, 6.07) is 10.1. The van der Waals surface area contributed by atoms with Crippen molar-refractivity contribution in [3.05, 3.63) is 68.9 Å². The second kappa shape index (κ2) is 10.1. The predicted octanol–water partition coefficient (Wildman–Crippen LogP) is 4.74. The third-order valence-corrected chi connectivity index (χ3v) is 7.59. The van der Waals surface area contributed by atoms with Gasteiger partial charge >= 0.3 is 0 Å². The summed E-state index contributed by atoms with van der Waals surface area (Å²) in [5.41, 5.74) is 1.44. The van der Waals surface area contributed by atoms with Crippen LogP contribution in [0.1, 0.15) is 5.56 Å². The van der Waals surface area contributed by atoms with Gasteiger partial charge in [0, 0.05) is 28.6 Å². The highest BCUT2D eigenvalue weighted by Gasteiger charge is 2.22. The van der Waals surface area contributed by atoms with Gasteiger partial charge in [0.15, 0.2) is 5.13 Å². The number of nitrogens with one attached hydrogen (secondary N) is 3. The molecule has 0 radical (unpaired) electrons. The van der Waals surface area contributed by atoms with Gasteiger partial charge < -0.3 is 10.6 Å². The smallest absolute Gasteiger partial charge is 0.266 e. The molecule has 11 heteroatoms. The van der Waals surface area contributed by atoms with Gasteiger partial charge in [0.1, 0.15) is 10.7 Å². The Hall–Kier alpha value is -1.72. The minimum absolute atomic E-state index is 0.0396. The molecular formula is C19H19BrClFN4O2S2. The van der Waals surface area contributed by atoms with Crippen LogP contribution in [0.25, 0.3) is 0 Å². The number of hydrogen-bond donors (Lipinski definition) is 3. The molecule has 0 bridgehead atoms. The normalized spacial score (nSPS) is 12.5. The number of nitrogens with zero attached hydrogens (tertiary/aromatic N) is 1. The second-order valence-electron chi connectivity index (χ2n) is 6.37. The summed E-state index contributed by atoms with van der Waals surface area (Å²) in [5.74, 6) is -0.905. The number of benzene rings is 2. The molecule has 0 spiro atoms. The summed E-state index contributed by atoms with van der Waals surface area (Å²) in [4.78, 5) is 3.31. The first-order valence-electron chi connectivity index (χ1n) is 8.86. The van der Waals surface area contributed by atoms with Crippen molar-refractivity contribution < 1.29 is 12.8 Å². The molecule has 3 aromatic rings. The quantitative estimate of drug-likeness (QED) is 0.370. The minimum atomic E-state index is -4.14. The van der Waals surface area contributed by atoms with Crippen LogP contribution >= 0.6 is 38.9 Å². The summed E-state index contributed by atoms with van der Waals surface area (Å²) >= 11 is 10.9. The maximum Gasteiger partial charge on any atom is 0.266 e. The maximum atomic E-state index is 14.6. The van der Waals surface area contributed by atoms with Crippen LogP contribution in [-0.4, -0.2) is 33.0 Å². The molecule has 2 aromatic carbocycles. The lowest BCUT2D eigenvalue weighted by atomic mass is 10.1. The van der Waals surface area contributed by atoms with E-state index in [2.05, 4.69) is 36.3 Å². The zero-order valence-corrected chi connectivity index (χ0v) is 19.8. The molecule has 0 saturated carbocycles. The standard InChI is InChI=1S/C19H19BrClFN4O2S2/c1-23-13(8-12-4-2-3-5-14(12)20)11-25-17-10-16(22)18(9-15(17)21)30(27,28)26-19-24-6-7-29-19/h2-7,9-10,13,23,25H,8,11H2,1H3,(H,24,26). The first-order chi connectivity index (χ1) is 14.3. The Morgan fingerprint density at radius 3 is 2.73 bits per heavy atom. The van der Waals surface area contributed by atoms with Gasteiger partial charge in [-0.2, -0.15) is 0 Å². The van der Waals surface area contributed by atoms with Crippen LogP contribution in [0.15, 0.2) is 57.3 Å². The first kappa shape index (κ1) is 23.0. The van der Waals surface area contributed by atoms with Gasteiger partial charge in [0.2, 0.25) is 0 Å². The molecule has 1 heterocycles. The van der Waals surface area contributed by atoms with E-state index in [-0.39, 0.29) is 16.2 Å². The van der Waals surface area contributed by atoms with E-state index in [4.69, 9.17) is 11.6 Å². The van der Waals surface area contributed by atoms with E-state index in [0.29, 0.717) is 12.2 Å². The average molecular weight is 534 g/mol. The van der Waals surface area contributed by atoms with E-state index in [1.807, 2.05) is 31.3 Å². The molecule has 0 aliphatic carbocycles. The monoisotopic (exact) mass is 532 g/mol. The van der Waals surface area contributed by atoms with Crippen LogP contribution < -0.4 is 15.4 Å². The second-order valence-corrected chi connectivity index (χ2v) is 10.2. The lowest BCUT2D eigenvalue weighted by Gasteiger charge is -2.19. The number of rotatable bonds is 9. The molecule has 6 nitrogen and oxygen atoms in total. The van der Waals surface area contributed by atoms with Gasteiger partial charge in [-0.3, -0.25) is 4.72 Å². The average Bonchev–Trinajstić information content (AvgIpc) is 3.20. The Labute approximate surface area is 192 Å². The molecule has 0 amide bonds. The highest BCUT2D eigenvalue weighted by atomic mass is 79.9. The Morgan fingerprint density at radius 1 is 1.30 bits per heavy atom. The molecule has 3 rings (SSSR count). The van der Waals surface area contributed by atoms with Crippen molar-refractivity contribution in [2.75, 3.05) is 23.6 Å². The number of thiazole rings is 1. The van der Waals surface area contributed by atoms with Crippen LogP contribution in [-0.2, 0) is 16.4 Å². The van der Waals surface area contributed by atoms with Crippen LogP contribution in [0, 0.1) is 5.82 Å². The number of likely N-dealkylation sites (N-methyl/N-ethyl adjacent to an activating group) is 1. The third kappa shape index (κ3) is 5.70. The van der Waals surface area contributed by atoms with Crippen molar-refractivity contribution in [3.63, 3.8) is 0 Å². The van der Waals surface area contributed by atoms with Crippen LogP contribution in [0.3, 0.4) is 0 Å². The summed E-state index contributed by atoms with van der Waals surface area (Å²) in [6.07, 6.45) is 2.18. The van der Waals surface area contributed by atoms with Crippen molar-refractivity contribution in [2.45, 2.75) is 17.4 Å². The Kier molecular flexibility index (Phi) is 7.70. The number of halogens is 3. The number of anilines is 2. The maximum absolute atomic E-state index is 14.6. The number of sulfonamides is 1. The zero-order valence-electron chi connectivity index (χ0n) is 15.8. The lowest BCUT2D eigenvalue weighted by Crippen LogP contribution is -2.34. The van der Waals surface area contributed by atoms with E-state index in [9.17, 15) is 12.8 Å². The molecular weight excluding hydrogens is 515 g/mol. The highest BCUT2D eigenvalue weighted by molar-refractivity contribution is 9.10. The Bertz CT molecular complexity index is 1110. The number of aromatic nitrogens is 1. The van der Waals surface area contributed by atoms with Gasteiger partial charge in [0.25, 0.3) is 10.0 Å². The fourth-order valence-electron chi connectivity index (χ4n) is 2.75. The van der Waals surface area contributed by atoms with Crippen molar-refractivity contribution in [3.8, 4) is 0 Å². The van der Waals surface area contributed by atoms with E-state index < -0.39 is 20.7 Å². The molecule has 1 unspecified atom stereocenters. The SMILES string of the molecule is CNC(CNc1cc(F)c(S(=O)(=O)Nc2nccs2)cc1Cl)Cc1ccccc1Br.